The Hall–Kier alpha value is -1.14. The van der Waals surface area contributed by atoms with E-state index >= 15 is 0 Å². The molecule has 1 aromatic heterocycles. The lowest BCUT2D eigenvalue weighted by Gasteiger charge is -2.16. The molecule has 1 rings (SSSR count). The topological polar surface area (TPSA) is 51.1 Å². The molecule has 0 aliphatic heterocycles. The smallest absolute Gasteiger partial charge is 0.166 e. The van der Waals surface area contributed by atoms with Gasteiger partial charge in [-0.05, 0) is 25.2 Å². The molecule has 1 unspecified atom stereocenters. The summed E-state index contributed by atoms with van der Waals surface area (Å²) in [6.45, 7) is 4.22. The van der Waals surface area contributed by atoms with Crippen molar-refractivity contribution in [1.29, 1.82) is 0 Å². The van der Waals surface area contributed by atoms with Crippen molar-refractivity contribution in [2.45, 2.75) is 19.5 Å². The molecule has 0 spiro atoms. The summed E-state index contributed by atoms with van der Waals surface area (Å²) in [6, 6.07) is 2.14. The van der Waals surface area contributed by atoms with Crippen LogP contribution in [-0.2, 0) is 11.3 Å². The summed E-state index contributed by atoms with van der Waals surface area (Å²) in [5.41, 5.74) is 0. The zero-order valence-electron chi connectivity index (χ0n) is 9.64. The van der Waals surface area contributed by atoms with Crippen LogP contribution >= 0.6 is 12.2 Å². The minimum absolute atomic E-state index is 0.238. The summed E-state index contributed by atoms with van der Waals surface area (Å²) < 4.78 is 6.79. The fraction of sp³-hybridized carbons (Fsp3) is 0.600. The SMILES string of the molecule is COCCNC(=S)NC(C)Cn1cccn1. The highest BCUT2D eigenvalue weighted by atomic mass is 32.1. The zero-order chi connectivity index (χ0) is 11.8. The molecular weight excluding hydrogens is 224 g/mol. The monoisotopic (exact) mass is 242 g/mol. The van der Waals surface area contributed by atoms with Crippen molar-refractivity contribution < 1.29 is 4.74 Å². The van der Waals surface area contributed by atoms with Gasteiger partial charge in [0.05, 0.1) is 13.2 Å². The molecule has 0 fully saturated rings. The maximum absolute atomic E-state index is 5.13. The van der Waals surface area contributed by atoms with E-state index in [0.717, 1.165) is 13.1 Å². The number of ether oxygens (including phenoxy) is 1. The van der Waals surface area contributed by atoms with Crippen molar-refractivity contribution in [3.8, 4) is 0 Å². The highest BCUT2D eigenvalue weighted by molar-refractivity contribution is 7.80. The molecule has 0 amide bonds. The summed E-state index contributed by atoms with van der Waals surface area (Å²) in [5.74, 6) is 0. The van der Waals surface area contributed by atoms with Crippen LogP contribution in [0.15, 0.2) is 18.5 Å². The predicted molar refractivity (Wildman–Crippen MR) is 67.3 cm³/mol. The average Bonchev–Trinajstić information content (AvgIpc) is 2.70. The van der Waals surface area contributed by atoms with E-state index in [4.69, 9.17) is 17.0 Å². The van der Waals surface area contributed by atoms with E-state index in [0.29, 0.717) is 11.7 Å². The number of hydrogen-bond acceptors (Lipinski definition) is 3. The molecular formula is C10H18N4OS. The van der Waals surface area contributed by atoms with Crippen molar-refractivity contribution in [1.82, 2.24) is 20.4 Å². The van der Waals surface area contributed by atoms with E-state index in [-0.39, 0.29) is 6.04 Å². The molecule has 6 heteroatoms. The van der Waals surface area contributed by atoms with E-state index in [1.807, 2.05) is 16.9 Å². The third-order valence-electron chi connectivity index (χ3n) is 1.99. The van der Waals surface area contributed by atoms with Crippen LogP contribution in [-0.4, -0.2) is 41.2 Å². The second kappa shape index (κ2) is 7.19. The van der Waals surface area contributed by atoms with Crippen molar-refractivity contribution >= 4 is 17.3 Å². The molecule has 0 radical (unpaired) electrons. The Labute approximate surface area is 101 Å². The van der Waals surface area contributed by atoms with Gasteiger partial charge in [-0.3, -0.25) is 4.68 Å². The maximum atomic E-state index is 5.13. The number of aromatic nitrogens is 2. The predicted octanol–water partition coefficient (Wildman–Crippen LogP) is 0.382. The average molecular weight is 242 g/mol. The zero-order valence-corrected chi connectivity index (χ0v) is 10.5. The van der Waals surface area contributed by atoms with Crippen LogP contribution in [0, 0.1) is 0 Å². The molecule has 90 valence electrons. The lowest BCUT2D eigenvalue weighted by molar-refractivity contribution is 0.204. The number of methoxy groups -OCH3 is 1. The third kappa shape index (κ3) is 5.09. The molecule has 1 heterocycles. The summed E-state index contributed by atoms with van der Waals surface area (Å²) in [5, 5.41) is 11.0. The molecule has 0 saturated heterocycles. The number of nitrogens with one attached hydrogen (secondary N) is 2. The van der Waals surface area contributed by atoms with Gasteiger partial charge in [0.2, 0.25) is 0 Å². The van der Waals surface area contributed by atoms with Crippen LogP contribution in [0.4, 0.5) is 0 Å². The molecule has 2 N–H and O–H groups in total. The van der Waals surface area contributed by atoms with Gasteiger partial charge in [0, 0.05) is 32.1 Å². The second-order valence-electron chi connectivity index (χ2n) is 3.52. The van der Waals surface area contributed by atoms with Gasteiger partial charge < -0.3 is 15.4 Å². The first kappa shape index (κ1) is 12.9. The van der Waals surface area contributed by atoms with Gasteiger partial charge in [0.25, 0.3) is 0 Å². The molecule has 0 aliphatic rings. The van der Waals surface area contributed by atoms with Gasteiger partial charge in [0.1, 0.15) is 0 Å². The van der Waals surface area contributed by atoms with Crippen molar-refractivity contribution in [2.75, 3.05) is 20.3 Å². The first-order valence-electron chi connectivity index (χ1n) is 5.23. The number of nitrogens with zero attached hydrogens (tertiary/aromatic N) is 2. The van der Waals surface area contributed by atoms with E-state index in [1.165, 1.54) is 0 Å². The minimum atomic E-state index is 0.238. The van der Waals surface area contributed by atoms with Gasteiger partial charge in [-0.1, -0.05) is 0 Å². The van der Waals surface area contributed by atoms with Crippen LogP contribution in [0.3, 0.4) is 0 Å². The fourth-order valence-electron chi connectivity index (χ4n) is 1.28. The lowest BCUT2D eigenvalue weighted by atomic mass is 10.3. The third-order valence-corrected chi connectivity index (χ3v) is 2.25. The van der Waals surface area contributed by atoms with Crippen LogP contribution in [0.2, 0.25) is 0 Å². The molecule has 0 aliphatic carbocycles. The molecule has 0 aromatic carbocycles. The first-order valence-corrected chi connectivity index (χ1v) is 5.64. The summed E-state index contributed by atoms with van der Waals surface area (Å²) in [6.07, 6.45) is 3.70. The Bertz CT molecular complexity index is 302. The van der Waals surface area contributed by atoms with E-state index in [2.05, 4.69) is 22.7 Å². The highest BCUT2D eigenvalue weighted by Crippen LogP contribution is 1.90. The second-order valence-corrected chi connectivity index (χ2v) is 3.93. The Kier molecular flexibility index (Phi) is 5.81. The Balaban J connectivity index is 2.18. The van der Waals surface area contributed by atoms with E-state index < -0.39 is 0 Å². The van der Waals surface area contributed by atoms with Gasteiger partial charge >= 0.3 is 0 Å². The van der Waals surface area contributed by atoms with Crippen LogP contribution < -0.4 is 10.6 Å². The molecule has 1 atom stereocenters. The van der Waals surface area contributed by atoms with Crippen LogP contribution in [0.5, 0.6) is 0 Å². The molecule has 16 heavy (non-hydrogen) atoms. The maximum Gasteiger partial charge on any atom is 0.166 e. The number of hydrogen-bond donors (Lipinski definition) is 2. The normalized spacial score (nSPS) is 12.1. The summed E-state index contributed by atoms with van der Waals surface area (Å²) in [7, 11) is 1.67. The van der Waals surface area contributed by atoms with Crippen molar-refractivity contribution in [3.05, 3.63) is 18.5 Å². The standard InChI is InChI=1S/C10H18N4OS/c1-9(8-14-6-3-4-12-14)13-10(16)11-5-7-15-2/h3-4,6,9H,5,7-8H2,1-2H3,(H2,11,13,16). The van der Waals surface area contributed by atoms with E-state index in [1.54, 1.807) is 13.3 Å². The van der Waals surface area contributed by atoms with Gasteiger partial charge in [-0.15, -0.1) is 0 Å². The molecule has 0 saturated carbocycles. The Morgan fingerprint density at radius 2 is 2.44 bits per heavy atom. The highest BCUT2D eigenvalue weighted by Gasteiger charge is 2.04. The van der Waals surface area contributed by atoms with Crippen LogP contribution in [0.25, 0.3) is 0 Å². The Morgan fingerprint density at radius 1 is 1.62 bits per heavy atom. The molecule has 1 aromatic rings. The minimum Gasteiger partial charge on any atom is -0.383 e. The summed E-state index contributed by atoms with van der Waals surface area (Å²) >= 11 is 5.13. The Morgan fingerprint density at radius 3 is 3.06 bits per heavy atom. The number of thiocarbonyl (C=S) groups is 1. The number of rotatable bonds is 6. The van der Waals surface area contributed by atoms with E-state index in [9.17, 15) is 0 Å². The first-order chi connectivity index (χ1) is 7.72. The molecule has 0 bridgehead atoms. The fourth-order valence-corrected chi connectivity index (χ4v) is 1.58. The summed E-state index contributed by atoms with van der Waals surface area (Å²) in [4.78, 5) is 0. The quantitative estimate of drug-likeness (QED) is 0.558. The van der Waals surface area contributed by atoms with Gasteiger partial charge in [-0.2, -0.15) is 5.10 Å². The largest absolute Gasteiger partial charge is 0.383 e. The van der Waals surface area contributed by atoms with Crippen molar-refractivity contribution in [2.24, 2.45) is 0 Å². The molecule has 5 nitrogen and oxygen atoms in total. The van der Waals surface area contributed by atoms with Crippen LogP contribution in [0.1, 0.15) is 6.92 Å². The van der Waals surface area contributed by atoms with Gasteiger partial charge in [-0.25, -0.2) is 0 Å². The van der Waals surface area contributed by atoms with Crippen molar-refractivity contribution in [3.63, 3.8) is 0 Å². The van der Waals surface area contributed by atoms with Gasteiger partial charge in [0.15, 0.2) is 5.11 Å². The lowest BCUT2D eigenvalue weighted by Crippen LogP contribution is -2.43.